The second-order valence-electron chi connectivity index (χ2n) is 5.12. The van der Waals surface area contributed by atoms with Crippen molar-refractivity contribution in [1.82, 2.24) is 10.2 Å². The van der Waals surface area contributed by atoms with Gasteiger partial charge in [0.25, 0.3) is 0 Å². The van der Waals surface area contributed by atoms with Gasteiger partial charge in [0.2, 0.25) is 0 Å². The van der Waals surface area contributed by atoms with Crippen molar-refractivity contribution in [2.75, 3.05) is 26.2 Å². The molecular weight excluding hydrogens is 236 g/mol. The first-order chi connectivity index (χ1) is 9.28. The van der Waals surface area contributed by atoms with Crippen molar-refractivity contribution in [3.8, 4) is 0 Å². The maximum Gasteiger partial charge on any atom is 0.188 e. The molecular formula is C15H24N4. The Morgan fingerprint density at radius 3 is 2.89 bits per heavy atom. The summed E-state index contributed by atoms with van der Waals surface area (Å²) in [6, 6.07) is 10.2. The van der Waals surface area contributed by atoms with Crippen molar-refractivity contribution in [1.29, 1.82) is 0 Å². The van der Waals surface area contributed by atoms with Gasteiger partial charge in [-0.1, -0.05) is 37.3 Å². The summed E-state index contributed by atoms with van der Waals surface area (Å²) in [5, 5.41) is 3.24. The maximum atomic E-state index is 5.89. The third-order valence-electron chi connectivity index (χ3n) is 3.66. The molecule has 0 aliphatic carbocycles. The van der Waals surface area contributed by atoms with Crippen LogP contribution in [-0.2, 0) is 6.54 Å². The molecule has 1 aliphatic heterocycles. The van der Waals surface area contributed by atoms with Gasteiger partial charge in [-0.25, -0.2) is 4.99 Å². The first-order valence-electron chi connectivity index (χ1n) is 7.08. The molecule has 0 spiro atoms. The Hall–Kier alpha value is -1.55. The topological polar surface area (TPSA) is 53.6 Å². The molecule has 2 rings (SSSR count). The quantitative estimate of drug-likeness (QED) is 0.622. The van der Waals surface area contributed by atoms with E-state index < -0.39 is 0 Å². The van der Waals surface area contributed by atoms with Crippen LogP contribution in [0.3, 0.4) is 0 Å². The molecule has 1 fully saturated rings. The van der Waals surface area contributed by atoms with Gasteiger partial charge < -0.3 is 16.0 Å². The van der Waals surface area contributed by atoms with E-state index in [0.29, 0.717) is 18.4 Å². The van der Waals surface area contributed by atoms with Crippen LogP contribution < -0.4 is 11.1 Å². The zero-order valence-corrected chi connectivity index (χ0v) is 11.7. The van der Waals surface area contributed by atoms with E-state index in [2.05, 4.69) is 34.3 Å². The summed E-state index contributed by atoms with van der Waals surface area (Å²) in [5.41, 5.74) is 7.08. The van der Waals surface area contributed by atoms with Gasteiger partial charge in [-0.3, -0.25) is 0 Å². The van der Waals surface area contributed by atoms with E-state index in [1.54, 1.807) is 0 Å². The van der Waals surface area contributed by atoms with E-state index >= 15 is 0 Å². The second kappa shape index (κ2) is 7.14. The standard InChI is InChI=1S/C15H24N4/c1-2-19-9-8-14(12-19)11-18-15(16)17-10-13-6-4-3-5-7-13/h3-7,14H,2,8-12H2,1H3,(H3,16,17,18)/t14-/m1/s1. The van der Waals surface area contributed by atoms with Gasteiger partial charge in [-0.2, -0.15) is 0 Å². The van der Waals surface area contributed by atoms with E-state index in [1.165, 1.54) is 25.1 Å². The predicted octanol–water partition coefficient (Wildman–Crippen LogP) is 1.43. The number of aliphatic imine (C=N–C) groups is 1. The SMILES string of the molecule is CCN1CC[C@H](CNC(N)=NCc2ccccc2)C1. The van der Waals surface area contributed by atoms with Gasteiger partial charge in [-0.15, -0.1) is 0 Å². The van der Waals surface area contributed by atoms with E-state index in [-0.39, 0.29) is 0 Å². The highest BCUT2D eigenvalue weighted by molar-refractivity contribution is 5.77. The lowest BCUT2D eigenvalue weighted by Gasteiger charge is -2.14. The fourth-order valence-electron chi connectivity index (χ4n) is 2.43. The van der Waals surface area contributed by atoms with Gasteiger partial charge in [0.15, 0.2) is 5.96 Å². The lowest BCUT2D eigenvalue weighted by molar-refractivity contribution is 0.342. The van der Waals surface area contributed by atoms with Crippen LogP contribution >= 0.6 is 0 Å². The molecule has 19 heavy (non-hydrogen) atoms. The van der Waals surface area contributed by atoms with Gasteiger partial charge >= 0.3 is 0 Å². The Morgan fingerprint density at radius 1 is 1.42 bits per heavy atom. The summed E-state index contributed by atoms with van der Waals surface area (Å²) in [5.74, 6) is 1.25. The van der Waals surface area contributed by atoms with E-state index in [9.17, 15) is 0 Å². The van der Waals surface area contributed by atoms with E-state index in [4.69, 9.17) is 5.73 Å². The molecule has 0 unspecified atom stereocenters. The zero-order valence-electron chi connectivity index (χ0n) is 11.7. The zero-order chi connectivity index (χ0) is 13.5. The average molecular weight is 260 g/mol. The van der Waals surface area contributed by atoms with Crippen molar-refractivity contribution in [2.24, 2.45) is 16.6 Å². The number of hydrogen-bond acceptors (Lipinski definition) is 2. The van der Waals surface area contributed by atoms with Crippen LogP contribution in [0, 0.1) is 5.92 Å². The summed E-state index contributed by atoms with van der Waals surface area (Å²) in [6.07, 6.45) is 1.26. The maximum absolute atomic E-state index is 5.89. The summed E-state index contributed by atoms with van der Waals surface area (Å²) >= 11 is 0. The molecule has 4 heteroatoms. The molecule has 1 aromatic carbocycles. The number of nitrogens with zero attached hydrogens (tertiary/aromatic N) is 2. The van der Waals surface area contributed by atoms with Crippen LogP contribution in [0.25, 0.3) is 0 Å². The highest BCUT2D eigenvalue weighted by Gasteiger charge is 2.20. The lowest BCUT2D eigenvalue weighted by atomic mass is 10.1. The Morgan fingerprint density at radius 2 is 2.21 bits per heavy atom. The highest BCUT2D eigenvalue weighted by Crippen LogP contribution is 2.14. The van der Waals surface area contributed by atoms with Crippen molar-refractivity contribution in [2.45, 2.75) is 19.9 Å². The van der Waals surface area contributed by atoms with Crippen LogP contribution in [0.1, 0.15) is 18.9 Å². The molecule has 1 saturated heterocycles. The molecule has 1 aliphatic rings. The molecule has 0 radical (unpaired) electrons. The number of hydrogen-bond donors (Lipinski definition) is 2. The van der Waals surface area contributed by atoms with E-state index in [1.807, 2.05) is 18.2 Å². The third-order valence-corrected chi connectivity index (χ3v) is 3.66. The molecule has 1 atom stereocenters. The van der Waals surface area contributed by atoms with Crippen LogP contribution in [0.4, 0.5) is 0 Å². The number of guanidine groups is 1. The monoisotopic (exact) mass is 260 g/mol. The molecule has 4 nitrogen and oxygen atoms in total. The Labute approximate surface area is 115 Å². The van der Waals surface area contributed by atoms with Crippen molar-refractivity contribution in [3.63, 3.8) is 0 Å². The van der Waals surface area contributed by atoms with E-state index in [0.717, 1.165) is 13.1 Å². The molecule has 0 aromatic heterocycles. The molecule has 1 aromatic rings. The van der Waals surface area contributed by atoms with Crippen LogP contribution in [-0.4, -0.2) is 37.0 Å². The highest BCUT2D eigenvalue weighted by atomic mass is 15.2. The Kier molecular flexibility index (Phi) is 5.21. The Balaban J connectivity index is 1.71. The summed E-state index contributed by atoms with van der Waals surface area (Å²) in [4.78, 5) is 6.84. The first-order valence-corrected chi connectivity index (χ1v) is 7.08. The van der Waals surface area contributed by atoms with Crippen LogP contribution in [0.2, 0.25) is 0 Å². The van der Waals surface area contributed by atoms with Gasteiger partial charge in [0.1, 0.15) is 0 Å². The summed E-state index contributed by atoms with van der Waals surface area (Å²) in [7, 11) is 0. The van der Waals surface area contributed by atoms with Gasteiger partial charge in [-0.05, 0) is 31.0 Å². The molecule has 0 amide bonds. The molecule has 0 bridgehead atoms. The average Bonchev–Trinajstić information content (AvgIpc) is 2.92. The van der Waals surface area contributed by atoms with Crippen LogP contribution in [0.5, 0.6) is 0 Å². The second-order valence-corrected chi connectivity index (χ2v) is 5.12. The fraction of sp³-hybridized carbons (Fsp3) is 0.533. The Bertz CT molecular complexity index is 402. The molecule has 0 saturated carbocycles. The van der Waals surface area contributed by atoms with Crippen molar-refractivity contribution >= 4 is 5.96 Å². The minimum atomic E-state index is 0.554. The number of nitrogens with two attached hydrogens (primary N) is 1. The van der Waals surface area contributed by atoms with Crippen molar-refractivity contribution in [3.05, 3.63) is 35.9 Å². The fourth-order valence-corrected chi connectivity index (χ4v) is 2.43. The van der Waals surface area contributed by atoms with Gasteiger partial charge in [0, 0.05) is 13.1 Å². The largest absolute Gasteiger partial charge is 0.370 e. The normalized spacial score (nSPS) is 20.7. The first kappa shape index (κ1) is 13.9. The third kappa shape index (κ3) is 4.56. The molecule has 3 N–H and O–H groups in total. The van der Waals surface area contributed by atoms with Crippen molar-refractivity contribution < 1.29 is 0 Å². The lowest BCUT2D eigenvalue weighted by Crippen LogP contribution is -2.36. The van der Waals surface area contributed by atoms with Gasteiger partial charge in [0.05, 0.1) is 6.54 Å². The number of benzene rings is 1. The smallest absolute Gasteiger partial charge is 0.188 e. The summed E-state index contributed by atoms with van der Waals surface area (Å²) < 4.78 is 0. The molecule has 1 heterocycles. The minimum absolute atomic E-state index is 0.554. The number of rotatable bonds is 5. The predicted molar refractivity (Wildman–Crippen MR) is 80.0 cm³/mol. The molecule has 104 valence electrons. The summed E-state index contributed by atoms with van der Waals surface area (Å²) in [6.45, 7) is 7.32. The minimum Gasteiger partial charge on any atom is -0.370 e. The number of nitrogens with one attached hydrogen (secondary N) is 1. The number of likely N-dealkylation sites (tertiary alicyclic amines) is 1. The van der Waals surface area contributed by atoms with Crippen LogP contribution in [0.15, 0.2) is 35.3 Å².